The molecule has 1 rings (SSSR count). The number of aliphatic hydroxyl groups excluding tert-OH is 1. The molecule has 0 saturated heterocycles. The maximum absolute atomic E-state index is 10.5. The predicted octanol–water partition coefficient (Wildman–Crippen LogP) is 2.70. The van der Waals surface area contributed by atoms with E-state index in [1.54, 1.807) is 26.0 Å². The average Bonchev–Trinajstić information content (AvgIpc) is 2.29. The summed E-state index contributed by atoms with van der Waals surface area (Å²) in [5.74, 6) is -1.07. The van der Waals surface area contributed by atoms with Crippen molar-refractivity contribution in [2.24, 2.45) is 5.41 Å². The SMILES string of the molecule is CC(C)(/C=C/C(=O)O)[C@H](O)c1cc(I)ccc1O. The molecule has 1 aromatic carbocycles. The predicted molar refractivity (Wildman–Crippen MR) is 76.3 cm³/mol. The minimum atomic E-state index is -1.07. The zero-order valence-corrected chi connectivity index (χ0v) is 12.2. The first-order valence-electron chi connectivity index (χ1n) is 5.32. The number of aliphatic hydroxyl groups is 1. The van der Waals surface area contributed by atoms with Crippen molar-refractivity contribution in [2.45, 2.75) is 20.0 Å². The fourth-order valence-electron chi connectivity index (χ4n) is 1.52. The van der Waals surface area contributed by atoms with Crippen LogP contribution in [0.5, 0.6) is 5.75 Å². The lowest BCUT2D eigenvalue weighted by Crippen LogP contribution is -2.20. The number of hydrogen-bond donors (Lipinski definition) is 3. The lowest BCUT2D eigenvalue weighted by Gasteiger charge is -2.28. The Morgan fingerprint density at radius 1 is 1.44 bits per heavy atom. The van der Waals surface area contributed by atoms with Crippen LogP contribution in [-0.2, 0) is 4.79 Å². The van der Waals surface area contributed by atoms with Gasteiger partial charge < -0.3 is 15.3 Å². The Bertz CT molecular complexity index is 480. The summed E-state index contributed by atoms with van der Waals surface area (Å²) < 4.78 is 0.887. The summed E-state index contributed by atoms with van der Waals surface area (Å²) in [5, 5.41) is 28.6. The van der Waals surface area contributed by atoms with Crippen LogP contribution in [0.2, 0.25) is 0 Å². The van der Waals surface area contributed by atoms with Crippen molar-refractivity contribution in [3.63, 3.8) is 0 Å². The summed E-state index contributed by atoms with van der Waals surface area (Å²) >= 11 is 2.08. The zero-order chi connectivity index (χ0) is 13.9. The van der Waals surface area contributed by atoms with E-state index < -0.39 is 17.5 Å². The molecule has 0 bridgehead atoms. The van der Waals surface area contributed by atoms with Crippen molar-refractivity contribution in [2.75, 3.05) is 0 Å². The van der Waals surface area contributed by atoms with Gasteiger partial charge in [0.2, 0.25) is 0 Å². The molecule has 1 aromatic rings. The third kappa shape index (κ3) is 3.71. The lowest BCUT2D eigenvalue weighted by atomic mass is 9.82. The number of aliphatic carboxylic acids is 1. The molecule has 0 aliphatic carbocycles. The van der Waals surface area contributed by atoms with Crippen LogP contribution in [0.1, 0.15) is 25.5 Å². The molecular formula is C13H15IO4. The Kier molecular flexibility index (Phi) is 4.75. The number of aromatic hydroxyl groups is 1. The van der Waals surface area contributed by atoms with Crippen molar-refractivity contribution in [3.8, 4) is 5.75 Å². The highest BCUT2D eigenvalue weighted by molar-refractivity contribution is 14.1. The van der Waals surface area contributed by atoms with Crippen LogP contribution in [0.3, 0.4) is 0 Å². The minimum absolute atomic E-state index is 0.000263. The second kappa shape index (κ2) is 5.71. The van der Waals surface area contributed by atoms with Gasteiger partial charge in [-0.25, -0.2) is 4.79 Å². The number of carbonyl (C=O) groups is 1. The summed E-state index contributed by atoms with van der Waals surface area (Å²) in [4.78, 5) is 10.5. The maximum Gasteiger partial charge on any atom is 0.327 e. The van der Waals surface area contributed by atoms with E-state index in [1.165, 1.54) is 12.1 Å². The van der Waals surface area contributed by atoms with Gasteiger partial charge in [-0.05, 0) is 40.8 Å². The number of carboxylic acid groups (broad SMARTS) is 1. The molecule has 4 nitrogen and oxygen atoms in total. The fourth-order valence-corrected chi connectivity index (χ4v) is 2.04. The second-order valence-electron chi connectivity index (χ2n) is 4.60. The Balaban J connectivity index is 3.08. The van der Waals surface area contributed by atoms with E-state index in [9.17, 15) is 15.0 Å². The number of hydrogen-bond acceptors (Lipinski definition) is 3. The summed E-state index contributed by atoms with van der Waals surface area (Å²) in [7, 11) is 0. The Hall–Kier alpha value is -1.08. The number of benzene rings is 1. The summed E-state index contributed by atoms with van der Waals surface area (Å²) in [5.41, 5.74) is -0.401. The van der Waals surface area contributed by atoms with E-state index in [0.717, 1.165) is 9.65 Å². The minimum Gasteiger partial charge on any atom is -0.508 e. The Labute approximate surface area is 119 Å². The molecule has 0 spiro atoms. The van der Waals surface area contributed by atoms with Crippen LogP contribution >= 0.6 is 22.6 Å². The first-order chi connectivity index (χ1) is 8.24. The second-order valence-corrected chi connectivity index (χ2v) is 5.84. The Morgan fingerprint density at radius 2 is 2.06 bits per heavy atom. The summed E-state index contributed by atoms with van der Waals surface area (Å²) in [6.07, 6.45) is 1.43. The molecule has 0 fully saturated rings. The van der Waals surface area contributed by atoms with Crippen molar-refractivity contribution < 1.29 is 20.1 Å². The quantitative estimate of drug-likeness (QED) is 0.569. The summed E-state index contributed by atoms with van der Waals surface area (Å²) in [6.45, 7) is 3.41. The zero-order valence-electron chi connectivity index (χ0n) is 10.1. The molecule has 0 aliphatic rings. The first-order valence-corrected chi connectivity index (χ1v) is 6.40. The van der Waals surface area contributed by atoms with Gasteiger partial charge in [0.25, 0.3) is 0 Å². The van der Waals surface area contributed by atoms with Crippen molar-refractivity contribution in [1.29, 1.82) is 0 Å². The normalized spacial score (nSPS) is 13.8. The van der Waals surface area contributed by atoms with E-state index in [2.05, 4.69) is 22.6 Å². The molecule has 98 valence electrons. The van der Waals surface area contributed by atoms with Gasteiger partial charge in [0.1, 0.15) is 5.75 Å². The van der Waals surface area contributed by atoms with Crippen LogP contribution < -0.4 is 0 Å². The molecule has 0 aromatic heterocycles. The third-order valence-electron chi connectivity index (χ3n) is 2.64. The van der Waals surface area contributed by atoms with E-state index in [0.29, 0.717) is 5.56 Å². The number of rotatable bonds is 4. The van der Waals surface area contributed by atoms with Crippen molar-refractivity contribution in [1.82, 2.24) is 0 Å². The van der Waals surface area contributed by atoms with Gasteiger partial charge in [-0.1, -0.05) is 19.9 Å². The molecule has 0 aliphatic heterocycles. The van der Waals surface area contributed by atoms with Gasteiger partial charge in [-0.3, -0.25) is 0 Å². The van der Waals surface area contributed by atoms with Gasteiger partial charge in [0.05, 0.1) is 6.10 Å². The van der Waals surface area contributed by atoms with Crippen molar-refractivity contribution >= 4 is 28.6 Å². The van der Waals surface area contributed by atoms with Gasteiger partial charge >= 0.3 is 5.97 Å². The monoisotopic (exact) mass is 362 g/mol. The molecule has 0 amide bonds. The van der Waals surface area contributed by atoms with Gasteiger partial charge in [0, 0.05) is 20.6 Å². The van der Waals surface area contributed by atoms with Crippen molar-refractivity contribution in [3.05, 3.63) is 39.5 Å². The number of phenolic OH excluding ortho intramolecular Hbond substituents is 1. The Morgan fingerprint density at radius 3 is 2.61 bits per heavy atom. The summed E-state index contributed by atoms with van der Waals surface area (Å²) in [6, 6.07) is 4.92. The van der Waals surface area contributed by atoms with E-state index in [-0.39, 0.29) is 5.75 Å². The average molecular weight is 362 g/mol. The molecule has 0 unspecified atom stereocenters. The van der Waals surface area contributed by atoms with E-state index >= 15 is 0 Å². The van der Waals surface area contributed by atoms with Gasteiger partial charge in [0.15, 0.2) is 0 Å². The van der Waals surface area contributed by atoms with Crippen LogP contribution in [0.4, 0.5) is 0 Å². The smallest absolute Gasteiger partial charge is 0.327 e. The van der Waals surface area contributed by atoms with Gasteiger partial charge in [-0.15, -0.1) is 0 Å². The highest BCUT2D eigenvalue weighted by Gasteiger charge is 2.28. The number of phenols is 1. The molecule has 0 heterocycles. The molecule has 3 N–H and O–H groups in total. The van der Waals surface area contributed by atoms with Crippen LogP contribution in [0.15, 0.2) is 30.4 Å². The fraction of sp³-hybridized carbons (Fsp3) is 0.308. The first kappa shape index (κ1) is 15.0. The van der Waals surface area contributed by atoms with Crippen LogP contribution in [0.25, 0.3) is 0 Å². The van der Waals surface area contributed by atoms with Crippen LogP contribution in [-0.4, -0.2) is 21.3 Å². The maximum atomic E-state index is 10.5. The van der Waals surface area contributed by atoms with E-state index in [4.69, 9.17) is 5.11 Å². The highest BCUT2D eigenvalue weighted by Crippen LogP contribution is 2.38. The van der Waals surface area contributed by atoms with E-state index in [1.807, 2.05) is 0 Å². The topological polar surface area (TPSA) is 77.8 Å². The third-order valence-corrected chi connectivity index (χ3v) is 3.32. The molecule has 18 heavy (non-hydrogen) atoms. The molecule has 0 saturated carbocycles. The molecule has 5 heteroatoms. The number of halogens is 1. The standard InChI is InChI=1S/C13H15IO4/c1-13(2,6-5-11(16)17)12(18)9-7-8(14)3-4-10(9)15/h3-7,12,15,18H,1-2H3,(H,16,17)/b6-5+/t12-/m1/s1. The molecular weight excluding hydrogens is 347 g/mol. The van der Waals surface area contributed by atoms with Crippen LogP contribution in [0, 0.1) is 8.99 Å². The molecule has 1 atom stereocenters. The highest BCUT2D eigenvalue weighted by atomic mass is 127. The van der Waals surface area contributed by atoms with Gasteiger partial charge in [-0.2, -0.15) is 0 Å². The number of carboxylic acids is 1. The largest absolute Gasteiger partial charge is 0.508 e. The molecule has 0 radical (unpaired) electrons. The lowest BCUT2D eigenvalue weighted by molar-refractivity contribution is -0.131.